The van der Waals surface area contributed by atoms with E-state index >= 15 is 0 Å². The summed E-state index contributed by atoms with van der Waals surface area (Å²) in [5.74, 6) is -1.79. The SMILES string of the molecule is C[C@]12CC[C@H]3[C@@H](CC=C4C[C@@H](C(OCCOCCOCCOCCOCCO)C(O)C(=O)O)CC[C@@]43C)[C@@H]1CC[C@@H]2C(OCCOCCOCCOCCOCCO)C(O)C(=O)O. The lowest BCUT2D eigenvalue weighted by atomic mass is 9.46. The maximum absolute atomic E-state index is 12.2. The highest BCUT2D eigenvalue weighted by atomic mass is 16.6. The van der Waals surface area contributed by atoms with Gasteiger partial charge in [-0.05, 0) is 91.8 Å². The van der Waals surface area contributed by atoms with E-state index < -0.39 is 36.4 Å². The molecule has 0 amide bonds. The van der Waals surface area contributed by atoms with Crippen molar-refractivity contribution in [2.75, 3.05) is 132 Å². The van der Waals surface area contributed by atoms with Crippen molar-refractivity contribution in [1.29, 1.82) is 0 Å². The molecule has 4 rings (SSSR count). The normalized spacial score (nSPS) is 28.7. The molecule has 0 aromatic rings. The number of aliphatic carboxylic acids is 2. The topological polar surface area (TPSA) is 248 Å². The quantitative estimate of drug-likeness (QED) is 0.0389. The summed E-state index contributed by atoms with van der Waals surface area (Å²) in [5, 5.41) is 58.9. The highest BCUT2D eigenvalue weighted by Gasteiger charge is 2.61. The third kappa shape index (κ3) is 16.2. The van der Waals surface area contributed by atoms with Crippen molar-refractivity contribution in [3.05, 3.63) is 11.6 Å². The standard InChI is InChI=1S/C45H78O18/c1-44-9-7-32(40(38(48)42(50)51)62-29-27-60-25-23-58-21-19-56-17-15-54-13-11-46)31-33(44)3-4-34-35-5-6-37(45(35,2)10-8-36(34)44)41(39(49)43(52)53)63-30-28-61-26-24-59-22-20-57-18-16-55-14-12-47/h3,32,34-41,46-49H,4-31H2,1-2H3,(H,50,51)(H,52,53)/t32-,34-,35-,36-,37+,38?,39?,40?,41?,44-,45-/m0/s1. The van der Waals surface area contributed by atoms with E-state index in [9.17, 15) is 30.0 Å². The van der Waals surface area contributed by atoms with Crippen molar-refractivity contribution < 1.29 is 87.6 Å². The molecule has 0 spiro atoms. The van der Waals surface area contributed by atoms with E-state index in [2.05, 4.69) is 19.9 Å². The summed E-state index contributed by atoms with van der Waals surface area (Å²) in [6, 6.07) is 0. The molecule has 0 aliphatic heterocycles. The largest absolute Gasteiger partial charge is 0.479 e. The Morgan fingerprint density at radius 3 is 1.46 bits per heavy atom. The van der Waals surface area contributed by atoms with E-state index in [1.165, 1.54) is 5.57 Å². The van der Waals surface area contributed by atoms with Crippen LogP contribution < -0.4 is 0 Å². The average Bonchev–Trinajstić information content (AvgIpc) is 3.62. The molecule has 11 atom stereocenters. The van der Waals surface area contributed by atoms with Gasteiger partial charge in [-0.25, -0.2) is 9.59 Å². The van der Waals surface area contributed by atoms with Gasteiger partial charge in [-0.2, -0.15) is 0 Å². The van der Waals surface area contributed by atoms with Gasteiger partial charge in [-0.3, -0.25) is 0 Å². The summed E-state index contributed by atoms with van der Waals surface area (Å²) < 4.78 is 55.7. The number of carbonyl (C=O) groups is 2. The Labute approximate surface area is 372 Å². The second kappa shape index (κ2) is 29.0. The first kappa shape index (κ1) is 53.7. The van der Waals surface area contributed by atoms with Gasteiger partial charge in [0.05, 0.1) is 144 Å². The van der Waals surface area contributed by atoms with E-state index in [4.69, 9.17) is 57.6 Å². The van der Waals surface area contributed by atoms with Crippen LogP contribution in [0.1, 0.15) is 65.2 Å². The number of fused-ring (bicyclic) bond motifs is 5. The number of ether oxygens (including phenoxy) is 10. The zero-order valence-electron chi connectivity index (χ0n) is 37.7. The van der Waals surface area contributed by atoms with Gasteiger partial charge >= 0.3 is 11.9 Å². The smallest absolute Gasteiger partial charge is 0.335 e. The van der Waals surface area contributed by atoms with Gasteiger partial charge in [0, 0.05) is 0 Å². The van der Waals surface area contributed by atoms with Crippen LogP contribution in [0.2, 0.25) is 0 Å². The summed E-state index contributed by atoms with van der Waals surface area (Å²) >= 11 is 0. The van der Waals surface area contributed by atoms with Gasteiger partial charge in [0.1, 0.15) is 0 Å². The summed E-state index contributed by atoms with van der Waals surface area (Å²) in [4.78, 5) is 24.2. The maximum Gasteiger partial charge on any atom is 0.335 e. The first-order chi connectivity index (χ1) is 30.5. The minimum absolute atomic E-state index is 0.0210. The number of aliphatic hydroxyl groups excluding tert-OH is 4. The molecular weight excluding hydrogens is 828 g/mol. The highest BCUT2D eigenvalue weighted by molar-refractivity contribution is 5.73. The molecule has 0 saturated heterocycles. The van der Waals surface area contributed by atoms with Crippen LogP contribution in [0.25, 0.3) is 0 Å². The molecule has 18 nitrogen and oxygen atoms in total. The number of hydrogen-bond donors (Lipinski definition) is 6. The molecule has 63 heavy (non-hydrogen) atoms. The molecular formula is C45H78O18. The van der Waals surface area contributed by atoms with Gasteiger partial charge in [-0.15, -0.1) is 0 Å². The van der Waals surface area contributed by atoms with Gasteiger partial charge in [0.15, 0.2) is 12.2 Å². The van der Waals surface area contributed by atoms with Crippen molar-refractivity contribution in [2.24, 2.45) is 40.4 Å². The van der Waals surface area contributed by atoms with Crippen LogP contribution in [-0.2, 0) is 57.0 Å². The Morgan fingerprint density at radius 1 is 0.571 bits per heavy atom. The van der Waals surface area contributed by atoms with E-state index in [0.717, 1.165) is 38.5 Å². The van der Waals surface area contributed by atoms with E-state index in [1.54, 1.807) is 0 Å². The lowest BCUT2D eigenvalue weighted by Crippen LogP contribution is -2.54. The summed E-state index contributed by atoms with van der Waals surface area (Å²) in [6.07, 6.45) is 3.89. The van der Waals surface area contributed by atoms with Gasteiger partial charge in [0.2, 0.25) is 0 Å². The monoisotopic (exact) mass is 907 g/mol. The molecule has 0 heterocycles. The van der Waals surface area contributed by atoms with E-state index in [0.29, 0.717) is 110 Å². The fourth-order valence-corrected chi connectivity index (χ4v) is 10.9. The Kier molecular flexibility index (Phi) is 24.7. The van der Waals surface area contributed by atoms with Gasteiger partial charge in [0.25, 0.3) is 0 Å². The Bertz CT molecular complexity index is 1320. The molecule has 0 aromatic carbocycles. The first-order valence-corrected chi connectivity index (χ1v) is 23.1. The van der Waals surface area contributed by atoms with Crippen LogP contribution >= 0.6 is 0 Å². The Balaban J connectivity index is 1.23. The fraction of sp³-hybridized carbons (Fsp3) is 0.911. The average molecular weight is 907 g/mol. The predicted molar refractivity (Wildman–Crippen MR) is 226 cm³/mol. The minimum Gasteiger partial charge on any atom is -0.479 e. The third-order valence-electron chi connectivity index (χ3n) is 14.0. The van der Waals surface area contributed by atoms with Crippen LogP contribution in [0.5, 0.6) is 0 Å². The molecule has 0 bridgehead atoms. The van der Waals surface area contributed by atoms with Crippen LogP contribution in [0.4, 0.5) is 0 Å². The van der Waals surface area contributed by atoms with Crippen molar-refractivity contribution in [1.82, 2.24) is 0 Å². The summed E-state index contributed by atoms with van der Waals surface area (Å²) in [7, 11) is 0. The molecule has 4 aliphatic carbocycles. The molecule has 0 aromatic heterocycles. The molecule has 3 fully saturated rings. The lowest BCUT2D eigenvalue weighted by Gasteiger charge is -2.59. The van der Waals surface area contributed by atoms with Gasteiger partial charge < -0.3 is 78.0 Å². The number of hydrogen-bond acceptors (Lipinski definition) is 16. The number of aliphatic hydroxyl groups is 4. The number of rotatable bonds is 36. The maximum atomic E-state index is 12.2. The van der Waals surface area contributed by atoms with Crippen LogP contribution in [0, 0.1) is 40.4 Å². The van der Waals surface area contributed by atoms with Crippen molar-refractivity contribution >= 4 is 11.9 Å². The van der Waals surface area contributed by atoms with Crippen LogP contribution in [-0.4, -0.2) is 199 Å². The minimum atomic E-state index is -1.66. The van der Waals surface area contributed by atoms with Crippen LogP contribution in [0.15, 0.2) is 11.6 Å². The fourth-order valence-electron chi connectivity index (χ4n) is 10.9. The first-order valence-electron chi connectivity index (χ1n) is 23.1. The molecule has 18 heteroatoms. The second-order valence-electron chi connectivity index (χ2n) is 17.6. The number of allylic oxidation sites excluding steroid dienone is 2. The second-order valence-corrected chi connectivity index (χ2v) is 17.6. The Morgan fingerprint density at radius 2 is 1.00 bits per heavy atom. The van der Waals surface area contributed by atoms with Crippen LogP contribution in [0.3, 0.4) is 0 Å². The summed E-state index contributed by atoms with van der Waals surface area (Å²) in [5.41, 5.74) is 1.01. The molecule has 366 valence electrons. The zero-order valence-corrected chi connectivity index (χ0v) is 37.7. The number of carboxylic acids is 2. The molecule has 0 radical (unpaired) electrons. The van der Waals surface area contributed by atoms with Gasteiger partial charge in [-0.1, -0.05) is 25.5 Å². The molecule has 6 N–H and O–H groups in total. The molecule has 4 unspecified atom stereocenters. The van der Waals surface area contributed by atoms with E-state index in [-0.39, 0.29) is 75.5 Å². The van der Waals surface area contributed by atoms with Crippen molar-refractivity contribution in [3.63, 3.8) is 0 Å². The zero-order chi connectivity index (χ0) is 45.5. The summed E-state index contributed by atoms with van der Waals surface area (Å²) in [6.45, 7) is 10.5. The highest BCUT2D eigenvalue weighted by Crippen LogP contribution is 2.67. The van der Waals surface area contributed by atoms with Crippen molar-refractivity contribution in [3.8, 4) is 0 Å². The third-order valence-corrected chi connectivity index (χ3v) is 14.0. The lowest BCUT2D eigenvalue weighted by molar-refractivity contribution is -0.168. The van der Waals surface area contributed by atoms with E-state index in [1.807, 2.05) is 0 Å². The van der Waals surface area contributed by atoms with Crippen molar-refractivity contribution in [2.45, 2.75) is 89.6 Å². The molecule has 4 aliphatic rings. The Hall–Kier alpha value is -1.88. The number of carboxylic acid groups (broad SMARTS) is 2. The molecule has 3 saturated carbocycles. The predicted octanol–water partition coefficient (Wildman–Crippen LogP) is 1.96.